The summed E-state index contributed by atoms with van der Waals surface area (Å²) in [5.41, 5.74) is 16.6. The molecule has 0 saturated heterocycles. The summed E-state index contributed by atoms with van der Waals surface area (Å²) in [5, 5.41) is 5.37. The molecular weight excluding hydrogens is 863 g/mol. The molecule has 0 nitrogen and oxygen atoms in total. The van der Waals surface area contributed by atoms with Crippen LogP contribution >= 0.6 is 17.0 Å². The summed E-state index contributed by atoms with van der Waals surface area (Å²) >= 11 is -0.826. The van der Waals surface area contributed by atoms with Gasteiger partial charge in [-0.15, -0.1) is 69.1 Å². The van der Waals surface area contributed by atoms with Crippen molar-refractivity contribution in [1.82, 2.24) is 0 Å². The molecule has 0 fully saturated rings. The first-order chi connectivity index (χ1) is 28.8. The Balaban J connectivity index is 0.000000201. The molecule has 0 aliphatic rings. The van der Waals surface area contributed by atoms with E-state index in [0.717, 1.165) is 22.4 Å². The van der Waals surface area contributed by atoms with Gasteiger partial charge in [-0.05, 0) is 68.2 Å². The quantitative estimate of drug-likeness (QED) is 0.115. The molecule has 0 heterocycles. The molecule has 0 aliphatic heterocycles. The Morgan fingerprint density at radius 3 is 1.12 bits per heavy atom. The van der Waals surface area contributed by atoms with Crippen LogP contribution in [0.5, 0.6) is 0 Å². The van der Waals surface area contributed by atoms with Crippen molar-refractivity contribution in [2.75, 3.05) is 0 Å². The van der Waals surface area contributed by atoms with E-state index in [1.807, 2.05) is 0 Å². The molecule has 60 heavy (non-hydrogen) atoms. The number of rotatable bonds is 6. The number of fused-ring (bicyclic) bond motifs is 2. The zero-order valence-electron chi connectivity index (χ0n) is 37.2. The number of hydrogen-bond acceptors (Lipinski definition) is 0. The van der Waals surface area contributed by atoms with Gasteiger partial charge in [0, 0.05) is 9.52 Å². The van der Waals surface area contributed by atoms with Gasteiger partial charge in [0.05, 0.1) is 0 Å². The van der Waals surface area contributed by atoms with Gasteiger partial charge in [0.2, 0.25) is 0 Å². The fraction of sp³-hybridized carbons (Fsp3) is 0.250. The SMILES string of the molecule is CCc1ccccc1-c1c(C(C)(C)C)ccc2[cH-]c(-c3ccccc3)cc12.CCc1ccccc1-c1c(C(C)(C)C)ccc2[cH-]c(-c3ccccc3)cc12.C[Si]C.[Cl][Zr+2][Cl]. The van der Waals surface area contributed by atoms with Gasteiger partial charge in [0.25, 0.3) is 0 Å². The summed E-state index contributed by atoms with van der Waals surface area (Å²) in [7, 11) is 11.0. The summed E-state index contributed by atoms with van der Waals surface area (Å²) in [4.78, 5) is 0. The molecule has 306 valence electrons. The van der Waals surface area contributed by atoms with Crippen LogP contribution < -0.4 is 0 Å². The fourth-order valence-electron chi connectivity index (χ4n) is 8.13. The molecule has 0 aliphatic carbocycles. The second-order valence-corrected chi connectivity index (χ2v) is 22.0. The number of benzene rings is 6. The van der Waals surface area contributed by atoms with Gasteiger partial charge in [-0.1, -0.05) is 201 Å². The number of halogens is 2. The van der Waals surface area contributed by atoms with Crippen molar-refractivity contribution in [3.63, 3.8) is 0 Å². The summed E-state index contributed by atoms with van der Waals surface area (Å²) < 4.78 is 0. The summed E-state index contributed by atoms with van der Waals surface area (Å²) in [6, 6.07) is 57.8. The second kappa shape index (κ2) is 21.8. The molecule has 0 atom stereocenters. The predicted octanol–water partition coefficient (Wildman–Crippen LogP) is 17.7. The third-order valence-corrected chi connectivity index (χ3v) is 10.9. The van der Waals surface area contributed by atoms with Crippen LogP contribution in [0.1, 0.15) is 77.6 Å². The molecule has 8 aromatic rings. The predicted molar refractivity (Wildman–Crippen MR) is 266 cm³/mol. The monoisotopic (exact) mass is 920 g/mol. The maximum atomic E-state index is 4.93. The molecule has 0 saturated carbocycles. The molecule has 2 radical (unpaired) electrons. The van der Waals surface area contributed by atoms with Crippen molar-refractivity contribution in [3.8, 4) is 44.5 Å². The molecule has 0 bridgehead atoms. The van der Waals surface area contributed by atoms with E-state index in [-0.39, 0.29) is 10.8 Å². The number of hydrogen-bond donors (Lipinski definition) is 0. The van der Waals surface area contributed by atoms with E-state index in [2.05, 4.69) is 226 Å². The van der Waals surface area contributed by atoms with E-state index < -0.39 is 20.8 Å². The molecule has 8 rings (SSSR count). The first-order valence-corrected chi connectivity index (χ1v) is 29.4. The van der Waals surface area contributed by atoms with E-state index in [1.54, 1.807) is 0 Å². The van der Waals surface area contributed by atoms with Gasteiger partial charge in [-0.3, -0.25) is 0 Å². The molecule has 0 unspecified atom stereocenters. The van der Waals surface area contributed by atoms with E-state index in [9.17, 15) is 0 Å². The van der Waals surface area contributed by atoms with Gasteiger partial charge in [0.15, 0.2) is 0 Å². The Hall–Kier alpha value is -3.78. The van der Waals surface area contributed by atoms with Gasteiger partial charge < -0.3 is 0 Å². The minimum absolute atomic E-state index is 0.0918. The fourth-order valence-corrected chi connectivity index (χ4v) is 8.13. The average Bonchev–Trinajstić information content (AvgIpc) is 3.89. The van der Waals surface area contributed by atoms with Crippen molar-refractivity contribution in [3.05, 3.63) is 180 Å². The van der Waals surface area contributed by atoms with E-state index in [1.165, 1.54) is 88.3 Å². The Bertz CT molecular complexity index is 2380. The van der Waals surface area contributed by atoms with Gasteiger partial charge in [-0.25, -0.2) is 0 Å². The van der Waals surface area contributed by atoms with Crippen LogP contribution in [0.4, 0.5) is 0 Å². The molecule has 4 heteroatoms. The van der Waals surface area contributed by atoms with Crippen LogP contribution in [0.25, 0.3) is 66.1 Å². The van der Waals surface area contributed by atoms with E-state index >= 15 is 0 Å². The Labute approximate surface area is 382 Å². The molecule has 0 spiro atoms. The Kier molecular flexibility index (Phi) is 17.2. The zero-order valence-corrected chi connectivity index (χ0v) is 42.2. The van der Waals surface area contributed by atoms with Crippen molar-refractivity contribution in [2.24, 2.45) is 0 Å². The maximum absolute atomic E-state index is 4.93. The van der Waals surface area contributed by atoms with Crippen molar-refractivity contribution >= 4 is 48.1 Å². The first kappa shape index (κ1) is 47.3. The van der Waals surface area contributed by atoms with Crippen LogP contribution in [-0.2, 0) is 44.5 Å². The minimum atomic E-state index is -0.826. The molecule has 8 aromatic carbocycles. The van der Waals surface area contributed by atoms with Crippen LogP contribution in [0, 0.1) is 0 Å². The average molecular weight is 923 g/mol. The summed E-state index contributed by atoms with van der Waals surface area (Å²) in [6.45, 7) is 22.7. The van der Waals surface area contributed by atoms with Crippen LogP contribution in [0.2, 0.25) is 13.1 Å². The van der Waals surface area contributed by atoms with Crippen molar-refractivity contribution in [2.45, 2.75) is 92.2 Å². The number of aryl methyl sites for hydroxylation is 2. The van der Waals surface area contributed by atoms with Gasteiger partial charge in [0.1, 0.15) is 0 Å². The standard InChI is InChI=1S/2C27H27.C2H6Si.2ClH.Zr/c2*1-5-19-11-9-10-14-23(19)26-24-18-22(20-12-7-6-8-13-20)17-21(24)15-16-25(26)27(2,3)4;1-3-2;;;/h2*6-18H,5H2,1-4H3;1-2H3;2*1H;/q2*-1;;;;+4/p-2. The van der Waals surface area contributed by atoms with Crippen LogP contribution in [-0.4, -0.2) is 9.52 Å². The van der Waals surface area contributed by atoms with Gasteiger partial charge in [-0.2, -0.15) is 0 Å². The third kappa shape index (κ3) is 11.4. The van der Waals surface area contributed by atoms with E-state index in [0.29, 0.717) is 0 Å². The normalized spacial score (nSPS) is 11.1. The molecule has 0 N–H and O–H groups in total. The summed E-state index contributed by atoms with van der Waals surface area (Å²) in [5.74, 6) is 0. The first-order valence-electron chi connectivity index (χ1n) is 21.1. The van der Waals surface area contributed by atoms with Crippen LogP contribution in [0.3, 0.4) is 0 Å². The third-order valence-electron chi connectivity index (χ3n) is 10.9. The summed E-state index contributed by atoms with van der Waals surface area (Å²) in [6.07, 6.45) is 2.09. The topological polar surface area (TPSA) is 0 Å². The van der Waals surface area contributed by atoms with E-state index in [4.69, 9.17) is 17.0 Å². The van der Waals surface area contributed by atoms with Crippen molar-refractivity contribution < 1.29 is 20.8 Å². The second-order valence-electron chi connectivity index (χ2n) is 17.3. The molecule has 0 aromatic heterocycles. The Morgan fingerprint density at radius 1 is 0.483 bits per heavy atom. The van der Waals surface area contributed by atoms with Gasteiger partial charge >= 0.3 is 37.9 Å². The molecule has 0 amide bonds. The molecular formula is C56H60Cl2SiZr. The van der Waals surface area contributed by atoms with Crippen LogP contribution in [0.15, 0.2) is 158 Å². The van der Waals surface area contributed by atoms with Crippen molar-refractivity contribution in [1.29, 1.82) is 0 Å². The zero-order chi connectivity index (χ0) is 43.5. The Morgan fingerprint density at radius 2 is 0.800 bits per heavy atom.